The van der Waals surface area contributed by atoms with E-state index in [0.717, 1.165) is 19.3 Å². The zero-order chi connectivity index (χ0) is 35.4. The fourth-order valence-corrected chi connectivity index (χ4v) is 11.2. The molecule has 0 aliphatic carbocycles. The molecular formula is C35H63N3O7S3. The molecule has 10 nitrogen and oxygen atoms in total. The van der Waals surface area contributed by atoms with Crippen LogP contribution in [0.5, 0.6) is 0 Å². The van der Waals surface area contributed by atoms with Crippen molar-refractivity contribution in [1.29, 1.82) is 0 Å². The first-order valence-electron chi connectivity index (χ1n) is 18.3. The van der Waals surface area contributed by atoms with Crippen LogP contribution in [-0.4, -0.2) is 78.3 Å². The lowest BCUT2D eigenvalue weighted by Gasteiger charge is -2.37. The second-order valence-electron chi connectivity index (χ2n) is 13.0. The zero-order valence-electron chi connectivity index (χ0n) is 30.3. The summed E-state index contributed by atoms with van der Waals surface area (Å²) < 4.78 is 69.1. The Balaban J connectivity index is 1.85. The van der Waals surface area contributed by atoms with Gasteiger partial charge >= 0.3 is 6.09 Å². The Morgan fingerprint density at radius 1 is 0.896 bits per heavy atom. The maximum Gasteiger partial charge on any atom is 0.410 e. The van der Waals surface area contributed by atoms with Gasteiger partial charge in [-0.15, -0.1) is 11.3 Å². The first kappa shape index (κ1) is 42.6. The summed E-state index contributed by atoms with van der Waals surface area (Å²) in [6, 6.07) is 0.686. The predicted molar refractivity (Wildman–Crippen MR) is 196 cm³/mol. The van der Waals surface area contributed by atoms with Crippen molar-refractivity contribution in [1.82, 2.24) is 9.21 Å². The molecule has 48 heavy (non-hydrogen) atoms. The molecule has 278 valence electrons. The van der Waals surface area contributed by atoms with E-state index in [2.05, 4.69) is 11.3 Å². The molecule has 1 atom stereocenters. The average Bonchev–Trinajstić information content (AvgIpc) is 3.53. The van der Waals surface area contributed by atoms with E-state index in [4.69, 9.17) is 9.47 Å². The zero-order valence-corrected chi connectivity index (χ0v) is 32.8. The maximum absolute atomic E-state index is 13.6. The smallest absolute Gasteiger partial charge is 0.410 e. The van der Waals surface area contributed by atoms with E-state index in [1.54, 1.807) is 21.0 Å². The summed E-state index contributed by atoms with van der Waals surface area (Å²) in [5.74, 6) is 0. The fraction of sp³-hybridized carbons (Fsp3) is 0.829. The summed E-state index contributed by atoms with van der Waals surface area (Å²) in [4.78, 5) is 14.0. The molecule has 0 fully saturated rings. The number of unbranched alkanes of at least 4 members (excludes halogenated alkanes) is 16. The van der Waals surface area contributed by atoms with Crippen molar-refractivity contribution in [2.45, 2.75) is 157 Å². The Labute approximate surface area is 296 Å². The van der Waals surface area contributed by atoms with Crippen LogP contribution in [0.15, 0.2) is 18.9 Å². The number of carbonyl (C=O) groups excluding carboxylic acids is 1. The minimum Gasteiger partial charge on any atom is -0.453 e. The molecule has 2 heterocycles. The van der Waals surface area contributed by atoms with Crippen molar-refractivity contribution in [3.63, 3.8) is 0 Å². The number of ether oxygens (including phenoxy) is 2. The Morgan fingerprint density at radius 2 is 1.42 bits per heavy atom. The first-order chi connectivity index (χ1) is 23.0. The number of thiophene rings is 1. The Bertz CT molecular complexity index is 1310. The van der Waals surface area contributed by atoms with E-state index in [1.165, 1.54) is 112 Å². The van der Waals surface area contributed by atoms with Gasteiger partial charge in [-0.2, -0.15) is 17.1 Å². The molecule has 1 aliphatic heterocycles. The average molecular weight is 734 g/mol. The molecule has 1 aromatic heterocycles. The third kappa shape index (κ3) is 14.0. The number of hydrogen-bond acceptors (Lipinski definition) is 8. The largest absolute Gasteiger partial charge is 0.453 e. The lowest BCUT2D eigenvalue weighted by atomic mass is 10.0. The highest BCUT2D eigenvalue weighted by molar-refractivity contribution is 7.94. The number of nitrogens with zero attached hydrogens (tertiary/aromatic N) is 3. The molecule has 0 spiro atoms. The quantitative estimate of drug-likeness (QED) is 0.0688. The van der Waals surface area contributed by atoms with Crippen LogP contribution in [0, 0.1) is 0 Å². The van der Waals surface area contributed by atoms with Crippen molar-refractivity contribution in [3.8, 4) is 0 Å². The number of sulfonamides is 2. The molecule has 1 aromatic rings. The molecular weight excluding hydrogens is 671 g/mol. The lowest BCUT2D eigenvalue weighted by Crippen LogP contribution is -2.47. The standard InChI is InChI=1S/C35H63N3O7S3/c1-6-8-9-10-11-12-13-14-15-16-17-18-19-20-21-22-23-25-30(3)36-47(40,41)33-28-31-32(38(7-2)35(39)45-5)29-37(26-24-27-44-4)48(42,43)34(31)46-33/h28,32H,6-27,29H2,1-5H3/t32-/m0/s1. The molecule has 0 aromatic carbocycles. The minimum atomic E-state index is -4.13. The summed E-state index contributed by atoms with van der Waals surface area (Å²) in [6.07, 6.45) is 22.3. The van der Waals surface area contributed by atoms with Crippen LogP contribution < -0.4 is 0 Å². The summed E-state index contributed by atoms with van der Waals surface area (Å²) in [5.41, 5.74) is 0.794. The van der Waals surface area contributed by atoms with Gasteiger partial charge in [-0.3, -0.25) is 0 Å². The molecule has 13 heteroatoms. The Hall–Kier alpha value is -1.54. The van der Waals surface area contributed by atoms with E-state index in [1.807, 2.05) is 0 Å². The van der Waals surface area contributed by atoms with Gasteiger partial charge in [0.2, 0.25) is 0 Å². The van der Waals surface area contributed by atoms with Gasteiger partial charge in [0.25, 0.3) is 20.0 Å². The second kappa shape index (κ2) is 23.0. The van der Waals surface area contributed by atoms with Crippen LogP contribution in [0.1, 0.15) is 154 Å². The number of amides is 1. The summed E-state index contributed by atoms with van der Waals surface area (Å²) in [7, 11) is -5.29. The molecule has 0 unspecified atom stereocenters. The van der Waals surface area contributed by atoms with Gasteiger partial charge in [0.15, 0.2) is 0 Å². The number of hydrogen-bond donors (Lipinski definition) is 0. The van der Waals surface area contributed by atoms with E-state index in [-0.39, 0.29) is 33.6 Å². The lowest BCUT2D eigenvalue weighted by molar-refractivity contribution is 0.0981. The van der Waals surface area contributed by atoms with Crippen molar-refractivity contribution < 1.29 is 31.1 Å². The highest BCUT2D eigenvalue weighted by atomic mass is 32.3. The minimum absolute atomic E-state index is 0.000186. The van der Waals surface area contributed by atoms with E-state index in [9.17, 15) is 21.6 Å². The van der Waals surface area contributed by atoms with Gasteiger partial charge < -0.3 is 14.4 Å². The van der Waals surface area contributed by atoms with Crippen LogP contribution in [0.3, 0.4) is 0 Å². The molecule has 1 aliphatic rings. The topological polar surface area (TPSA) is 123 Å². The van der Waals surface area contributed by atoms with Gasteiger partial charge in [0.05, 0.1) is 13.2 Å². The highest BCUT2D eigenvalue weighted by Gasteiger charge is 2.43. The molecule has 0 radical (unpaired) electrons. The third-order valence-corrected chi connectivity index (χ3v) is 14.5. The Morgan fingerprint density at radius 3 is 1.90 bits per heavy atom. The number of carbonyl (C=O) groups is 1. The summed E-state index contributed by atoms with van der Waals surface area (Å²) in [5, 5.41) is 0. The number of methoxy groups -OCH3 is 2. The van der Waals surface area contributed by atoms with Crippen LogP contribution in [-0.2, 0) is 29.5 Å². The maximum atomic E-state index is 13.6. The van der Waals surface area contributed by atoms with E-state index in [0.29, 0.717) is 36.5 Å². The highest BCUT2D eigenvalue weighted by Crippen LogP contribution is 2.43. The van der Waals surface area contributed by atoms with Crippen LogP contribution in [0.25, 0.3) is 0 Å². The molecule has 0 saturated carbocycles. The normalized spacial score (nSPS) is 16.6. The molecule has 0 N–H and O–H groups in total. The number of fused-ring (bicyclic) bond motifs is 1. The molecule has 0 saturated heterocycles. The third-order valence-electron chi connectivity index (χ3n) is 9.07. The van der Waals surface area contributed by atoms with E-state index >= 15 is 0 Å². The van der Waals surface area contributed by atoms with Gasteiger partial charge in [-0.1, -0.05) is 110 Å². The molecule has 0 bridgehead atoms. The molecule has 1 amide bonds. The summed E-state index contributed by atoms with van der Waals surface area (Å²) in [6.45, 7) is 6.56. The van der Waals surface area contributed by atoms with Crippen LogP contribution >= 0.6 is 11.3 Å². The predicted octanol–water partition coefficient (Wildman–Crippen LogP) is 9.11. The first-order valence-corrected chi connectivity index (χ1v) is 22.0. The number of likely N-dealkylation sites (N-methyl/N-ethyl adjacent to an activating group) is 1. The second-order valence-corrected chi connectivity index (χ2v) is 18.0. The van der Waals surface area contributed by atoms with Crippen molar-refractivity contribution >= 4 is 43.2 Å². The van der Waals surface area contributed by atoms with Crippen molar-refractivity contribution in [2.24, 2.45) is 4.40 Å². The number of rotatable bonds is 26. The monoisotopic (exact) mass is 733 g/mol. The van der Waals surface area contributed by atoms with Gasteiger partial charge in [0.1, 0.15) is 8.42 Å². The SMILES string of the molecule is CCCCCCCCCCCCCCCCCCCC(C)=NS(=O)(=O)c1cc2c(s1)S(=O)(=O)N(CCCOC)C[C@@H]2N(CC)C(=O)OC. The van der Waals surface area contributed by atoms with Crippen molar-refractivity contribution in [3.05, 3.63) is 11.6 Å². The van der Waals surface area contributed by atoms with Gasteiger partial charge in [-0.05, 0) is 39.2 Å². The van der Waals surface area contributed by atoms with Gasteiger partial charge in [-0.25, -0.2) is 13.2 Å². The van der Waals surface area contributed by atoms with Crippen molar-refractivity contribution in [2.75, 3.05) is 40.5 Å². The fourth-order valence-electron chi connectivity index (χ4n) is 6.29. The Kier molecular flexibility index (Phi) is 20.5. The van der Waals surface area contributed by atoms with E-state index < -0.39 is 32.2 Å². The van der Waals surface area contributed by atoms with Crippen LogP contribution in [0.4, 0.5) is 4.79 Å². The summed E-state index contributed by atoms with van der Waals surface area (Å²) >= 11 is 0.701. The van der Waals surface area contributed by atoms with Gasteiger partial charge in [0, 0.05) is 44.6 Å². The molecule has 2 rings (SSSR count). The van der Waals surface area contributed by atoms with Crippen LogP contribution in [0.2, 0.25) is 0 Å².